The fourth-order valence-corrected chi connectivity index (χ4v) is 15.8. The summed E-state index contributed by atoms with van der Waals surface area (Å²) in [6, 6.07) is 24.4. The summed E-state index contributed by atoms with van der Waals surface area (Å²) in [6.45, 7) is 9.11. The van der Waals surface area contributed by atoms with Crippen LogP contribution in [0.3, 0.4) is 0 Å². The predicted molar refractivity (Wildman–Crippen MR) is 375 cm³/mol. The Labute approximate surface area is 521 Å². The summed E-state index contributed by atoms with van der Waals surface area (Å²) in [4.78, 5) is 53.4. The van der Waals surface area contributed by atoms with Crippen molar-refractivity contribution in [2.75, 3.05) is 5.73 Å². The normalized spacial score (nSPS) is 13.2. The number of nitrogens with two attached hydrogens (primary N) is 1. The molecule has 0 spiro atoms. The first kappa shape index (κ1) is 62.9. The molecular formula is C78H100N6O4. The second kappa shape index (κ2) is 29.8. The minimum absolute atomic E-state index is 0.0733. The number of nitrogens with zero attached hydrogens (tertiary/aromatic N) is 5. The van der Waals surface area contributed by atoms with Crippen LogP contribution in [0.2, 0.25) is 0 Å². The maximum absolute atomic E-state index is 15.1. The SMILES string of the molecule is CCCCCCCCCCC(CCCCCCCC)CCc1cc(N)c2c(c1)nc1c3ccc4c5ccc6c(=O)n7c(nc8cc(CCC(CCCCCCCC)CCCCCCCCCC)cc([N+](=O)[O-])c87)c7ccc(c8ccc(c(=O)n12)c3c48)c5c67. The van der Waals surface area contributed by atoms with Crippen LogP contribution in [0.1, 0.15) is 257 Å². The third-order valence-corrected chi connectivity index (χ3v) is 20.6. The van der Waals surface area contributed by atoms with Gasteiger partial charge in [0.15, 0.2) is 5.52 Å². The van der Waals surface area contributed by atoms with Crippen LogP contribution >= 0.6 is 0 Å². The summed E-state index contributed by atoms with van der Waals surface area (Å²) < 4.78 is 3.25. The molecule has 466 valence electrons. The summed E-state index contributed by atoms with van der Waals surface area (Å²) in [7, 11) is 0. The lowest BCUT2D eigenvalue weighted by molar-refractivity contribution is -0.383. The molecule has 0 bridgehead atoms. The van der Waals surface area contributed by atoms with Gasteiger partial charge >= 0.3 is 0 Å². The van der Waals surface area contributed by atoms with Gasteiger partial charge in [-0.15, -0.1) is 0 Å². The van der Waals surface area contributed by atoms with Crippen molar-refractivity contribution >= 4 is 109 Å². The van der Waals surface area contributed by atoms with E-state index in [0.717, 1.165) is 90.6 Å². The lowest BCUT2D eigenvalue weighted by Gasteiger charge is -2.18. The Hall–Kier alpha value is -6.68. The highest BCUT2D eigenvalue weighted by molar-refractivity contribution is 6.40. The summed E-state index contributed by atoms with van der Waals surface area (Å²) in [6.07, 6.45) is 45.5. The van der Waals surface area contributed by atoms with Crippen LogP contribution in [0.4, 0.5) is 11.4 Å². The van der Waals surface area contributed by atoms with Crippen LogP contribution in [-0.2, 0) is 12.8 Å². The molecule has 0 saturated carbocycles. The molecule has 4 aromatic heterocycles. The van der Waals surface area contributed by atoms with E-state index in [1.807, 2.05) is 30.3 Å². The zero-order valence-electron chi connectivity index (χ0n) is 54.0. The topological polar surface area (TPSA) is 138 Å². The average Bonchev–Trinajstić information content (AvgIpc) is 1.20. The van der Waals surface area contributed by atoms with Gasteiger partial charge in [-0.2, -0.15) is 0 Å². The smallest absolute Gasteiger partial charge is 0.295 e. The molecule has 0 aliphatic carbocycles. The molecular weight excluding hydrogens is 1080 g/mol. The fraction of sp³-hybridized carbons (Fsp3) is 0.538. The van der Waals surface area contributed by atoms with Crippen LogP contribution in [-0.4, -0.2) is 23.7 Å². The van der Waals surface area contributed by atoms with Crippen LogP contribution in [0.5, 0.6) is 0 Å². The Balaban J connectivity index is 0.902. The number of hydrogen-bond donors (Lipinski definition) is 1. The second-order valence-electron chi connectivity index (χ2n) is 27.0. The molecule has 0 saturated heterocycles. The number of aromatic nitrogens is 4. The van der Waals surface area contributed by atoms with E-state index in [4.69, 9.17) is 15.7 Å². The number of unbranched alkanes of at least 4 members (excludes halogenated alkanes) is 24. The van der Waals surface area contributed by atoms with Crippen molar-refractivity contribution in [2.45, 2.75) is 259 Å². The van der Waals surface area contributed by atoms with E-state index in [0.29, 0.717) is 50.6 Å². The molecule has 0 aliphatic heterocycles. The summed E-state index contributed by atoms with van der Waals surface area (Å²) in [5, 5.41) is 23.4. The Morgan fingerprint density at radius 1 is 0.398 bits per heavy atom. The molecule has 7 aromatic carbocycles. The maximum Gasteiger partial charge on any atom is 0.295 e. The van der Waals surface area contributed by atoms with Crippen molar-refractivity contribution in [2.24, 2.45) is 11.8 Å². The zero-order valence-corrected chi connectivity index (χ0v) is 54.0. The maximum atomic E-state index is 15.1. The van der Waals surface area contributed by atoms with E-state index in [2.05, 4.69) is 64.1 Å². The monoisotopic (exact) mass is 1180 g/mol. The molecule has 2 atom stereocenters. The highest BCUT2D eigenvalue weighted by Crippen LogP contribution is 2.47. The van der Waals surface area contributed by atoms with E-state index < -0.39 is 0 Å². The number of nitro benzene ring substituents is 1. The second-order valence-corrected chi connectivity index (χ2v) is 27.0. The lowest BCUT2D eigenvalue weighted by Crippen LogP contribution is -2.14. The molecule has 2 N–H and O–H groups in total. The van der Waals surface area contributed by atoms with Gasteiger partial charge in [-0.25, -0.2) is 9.97 Å². The number of fused-ring (bicyclic) bond motifs is 10. The van der Waals surface area contributed by atoms with Crippen molar-refractivity contribution in [1.29, 1.82) is 0 Å². The molecule has 0 amide bonds. The largest absolute Gasteiger partial charge is 0.397 e. The highest BCUT2D eigenvalue weighted by atomic mass is 16.6. The van der Waals surface area contributed by atoms with Crippen molar-refractivity contribution in [3.8, 4) is 0 Å². The molecule has 11 aromatic rings. The lowest BCUT2D eigenvalue weighted by atomic mass is 9.86. The van der Waals surface area contributed by atoms with Crippen molar-refractivity contribution in [3.05, 3.63) is 115 Å². The first-order valence-corrected chi connectivity index (χ1v) is 35.5. The number of nitro groups is 1. The third-order valence-electron chi connectivity index (χ3n) is 20.6. The molecule has 0 radical (unpaired) electrons. The van der Waals surface area contributed by atoms with Gasteiger partial charge in [0, 0.05) is 38.4 Å². The molecule has 10 nitrogen and oxygen atoms in total. The average molecular weight is 1190 g/mol. The van der Waals surface area contributed by atoms with Crippen molar-refractivity contribution in [3.63, 3.8) is 0 Å². The molecule has 10 heteroatoms. The molecule has 0 fully saturated rings. The van der Waals surface area contributed by atoms with Gasteiger partial charge < -0.3 is 5.73 Å². The fourth-order valence-electron chi connectivity index (χ4n) is 15.8. The van der Waals surface area contributed by atoms with E-state index in [9.17, 15) is 10.1 Å². The highest BCUT2D eigenvalue weighted by Gasteiger charge is 2.28. The van der Waals surface area contributed by atoms with Crippen LogP contribution in [0, 0.1) is 22.0 Å². The van der Waals surface area contributed by atoms with Gasteiger partial charge in [0.2, 0.25) is 0 Å². The minimum atomic E-state index is -0.328. The molecule has 2 unspecified atom stereocenters. The standard InChI is InChI=1S/C78H100N6O4/c1-5-9-13-17-21-23-27-31-35-53(33-29-25-19-15-11-7-3)37-39-55-49-65(79)73-66(50-55)80-75-61-45-41-57-60-44-48-64-72-62(46-42-58(70(60)72)59-43-47-63(71(61)69(57)59)77(85)82(73)75)76-81-67-51-56(52-68(84(87)88)74(67)83(76)78(64)86)40-38-54(34-30-26-20-16-12-8-4)36-32-28-24-22-18-14-10-6-2/h41-54H,5-40,79H2,1-4H3. The number of hydrogen-bond acceptors (Lipinski definition) is 7. The van der Waals surface area contributed by atoms with Crippen LogP contribution in [0.15, 0.2) is 82.4 Å². The van der Waals surface area contributed by atoms with Crippen LogP contribution < -0.4 is 16.9 Å². The molecule has 11 rings (SSSR count). The first-order chi connectivity index (χ1) is 43.1. The van der Waals surface area contributed by atoms with E-state index >= 15 is 9.59 Å². The van der Waals surface area contributed by atoms with Crippen LogP contribution in [0.25, 0.3) is 98.0 Å². The van der Waals surface area contributed by atoms with Gasteiger partial charge in [0.05, 0.1) is 27.2 Å². The Kier molecular flexibility index (Phi) is 21.3. The zero-order chi connectivity index (χ0) is 61.1. The van der Waals surface area contributed by atoms with Gasteiger partial charge in [-0.3, -0.25) is 28.5 Å². The van der Waals surface area contributed by atoms with Crippen molar-refractivity contribution < 1.29 is 4.92 Å². The number of rotatable bonds is 39. The van der Waals surface area contributed by atoms with Crippen molar-refractivity contribution in [1.82, 2.24) is 18.8 Å². The van der Waals surface area contributed by atoms with E-state index in [-0.39, 0.29) is 27.2 Å². The minimum Gasteiger partial charge on any atom is -0.397 e. The van der Waals surface area contributed by atoms with E-state index in [1.165, 1.54) is 215 Å². The first-order valence-electron chi connectivity index (χ1n) is 35.5. The van der Waals surface area contributed by atoms with Gasteiger partial charge in [-0.1, -0.05) is 257 Å². The number of aryl methyl sites for hydroxylation is 2. The van der Waals surface area contributed by atoms with Gasteiger partial charge in [-0.05, 0) is 123 Å². The predicted octanol–water partition coefficient (Wildman–Crippen LogP) is 22.4. The molecule has 88 heavy (non-hydrogen) atoms. The quantitative estimate of drug-likeness (QED) is 0.0101. The molecule has 0 aliphatic rings. The van der Waals surface area contributed by atoms with Gasteiger partial charge in [0.25, 0.3) is 16.8 Å². The number of imidazole rings is 2. The Morgan fingerprint density at radius 3 is 1.08 bits per heavy atom. The number of benzene rings is 7. The number of non-ortho nitro benzene ring substituents is 1. The number of anilines is 1. The summed E-state index contributed by atoms with van der Waals surface area (Å²) in [5.74, 6) is 1.26. The Bertz CT molecular complexity index is 4230. The van der Waals surface area contributed by atoms with E-state index in [1.54, 1.807) is 10.5 Å². The summed E-state index contributed by atoms with van der Waals surface area (Å²) in [5.41, 5.74) is 12.4. The number of pyridine rings is 2. The molecule has 4 heterocycles. The summed E-state index contributed by atoms with van der Waals surface area (Å²) >= 11 is 0. The number of nitrogen functional groups attached to an aromatic ring is 1. The van der Waals surface area contributed by atoms with Gasteiger partial charge in [0.1, 0.15) is 11.3 Å². The third kappa shape index (κ3) is 13.3. The Morgan fingerprint density at radius 2 is 0.705 bits per heavy atom.